The number of carbonyl (C=O) groups excluding carboxylic acids is 1. The van der Waals surface area contributed by atoms with Gasteiger partial charge in [-0.25, -0.2) is 0 Å². The molecule has 1 aliphatic rings. The van der Waals surface area contributed by atoms with Gasteiger partial charge in [0.05, 0.1) is 0 Å². The number of anilines is 1. The van der Waals surface area contributed by atoms with Gasteiger partial charge in [0.25, 0.3) is 0 Å². The number of Topliss-reactive ketones (excluding diaryl/α,β-unsaturated/α-hetero) is 1. The highest BCUT2D eigenvalue weighted by Crippen LogP contribution is 2.21. The molecular formula is C12H15BrN2O. The van der Waals surface area contributed by atoms with Crippen LogP contribution in [0.5, 0.6) is 0 Å². The summed E-state index contributed by atoms with van der Waals surface area (Å²) in [5, 5.41) is 3.32. The highest BCUT2D eigenvalue weighted by Gasteiger charge is 2.19. The van der Waals surface area contributed by atoms with Gasteiger partial charge in [0.15, 0.2) is 5.78 Å². The molecular weight excluding hydrogens is 268 g/mol. The lowest BCUT2D eigenvalue weighted by molar-refractivity contribution is 0.0972. The monoisotopic (exact) mass is 282 g/mol. The van der Waals surface area contributed by atoms with Crippen LogP contribution >= 0.6 is 15.9 Å². The van der Waals surface area contributed by atoms with Gasteiger partial charge in [-0.3, -0.25) is 4.79 Å². The van der Waals surface area contributed by atoms with E-state index in [0.717, 1.165) is 23.9 Å². The van der Waals surface area contributed by atoms with E-state index < -0.39 is 0 Å². The Labute approximate surface area is 104 Å². The zero-order valence-corrected chi connectivity index (χ0v) is 10.6. The minimum absolute atomic E-state index is 0.129. The number of hydrogen-bond acceptors (Lipinski definition) is 3. The quantitative estimate of drug-likeness (QED) is 0.661. The molecule has 1 heterocycles. The highest BCUT2D eigenvalue weighted by molar-refractivity contribution is 9.10. The van der Waals surface area contributed by atoms with Crippen molar-refractivity contribution in [2.24, 2.45) is 0 Å². The molecule has 0 spiro atoms. The van der Waals surface area contributed by atoms with Gasteiger partial charge in [-0.15, -0.1) is 0 Å². The van der Waals surface area contributed by atoms with Gasteiger partial charge in [0, 0.05) is 28.2 Å². The standard InChI is InChI=1S/C12H15BrN2O/c13-8-3-4-10(11(14)6-8)12(16)7-9-2-1-5-15-9/h3-4,6,9,15H,1-2,5,7,14H2. The fourth-order valence-electron chi connectivity index (χ4n) is 2.05. The second kappa shape index (κ2) is 4.97. The Morgan fingerprint density at radius 1 is 1.56 bits per heavy atom. The molecule has 0 bridgehead atoms. The van der Waals surface area contributed by atoms with E-state index in [1.165, 1.54) is 0 Å². The molecule has 0 amide bonds. The Bertz CT molecular complexity index is 400. The van der Waals surface area contributed by atoms with Crippen LogP contribution in [0.25, 0.3) is 0 Å². The Hall–Kier alpha value is -0.870. The Balaban J connectivity index is 2.08. The predicted molar refractivity (Wildman–Crippen MR) is 68.5 cm³/mol. The SMILES string of the molecule is Nc1cc(Br)ccc1C(=O)CC1CCCN1. The van der Waals surface area contributed by atoms with E-state index in [2.05, 4.69) is 21.2 Å². The fraction of sp³-hybridized carbons (Fsp3) is 0.417. The van der Waals surface area contributed by atoms with Crippen LogP contribution in [-0.4, -0.2) is 18.4 Å². The minimum atomic E-state index is 0.129. The van der Waals surface area contributed by atoms with Crippen LogP contribution in [0.1, 0.15) is 29.6 Å². The normalized spacial score (nSPS) is 19.9. The average Bonchev–Trinajstić information content (AvgIpc) is 2.70. The molecule has 0 saturated carbocycles. The summed E-state index contributed by atoms with van der Waals surface area (Å²) in [6.45, 7) is 1.02. The molecule has 2 rings (SSSR count). The first-order valence-corrected chi connectivity index (χ1v) is 6.28. The number of nitrogens with one attached hydrogen (secondary N) is 1. The number of nitrogen functional groups attached to an aromatic ring is 1. The maximum absolute atomic E-state index is 12.0. The summed E-state index contributed by atoms with van der Waals surface area (Å²) < 4.78 is 0.903. The molecule has 0 aliphatic carbocycles. The van der Waals surface area contributed by atoms with E-state index in [1.807, 2.05) is 6.07 Å². The van der Waals surface area contributed by atoms with Crippen molar-refractivity contribution in [1.29, 1.82) is 0 Å². The van der Waals surface area contributed by atoms with Crippen LogP contribution in [0, 0.1) is 0 Å². The molecule has 1 aliphatic heterocycles. The van der Waals surface area contributed by atoms with E-state index in [0.29, 0.717) is 23.7 Å². The van der Waals surface area contributed by atoms with Crippen molar-refractivity contribution in [3.8, 4) is 0 Å². The Kier molecular flexibility index (Phi) is 3.61. The van der Waals surface area contributed by atoms with E-state index in [9.17, 15) is 4.79 Å². The summed E-state index contributed by atoms with van der Waals surface area (Å²) in [6, 6.07) is 5.74. The number of ketones is 1. The third-order valence-corrected chi connectivity index (χ3v) is 3.40. The summed E-state index contributed by atoms with van der Waals surface area (Å²) in [7, 11) is 0. The third kappa shape index (κ3) is 2.62. The van der Waals surface area contributed by atoms with Crippen LogP contribution in [0.2, 0.25) is 0 Å². The van der Waals surface area contributed by atoms with Gasteiger partial charge in [-0.1, -0.05) is 15.9 Å². The van der Waals surface area contributed by atoms with Crippen LogP contribution in [0.4, 0.5) is 5.69 Å². The lowest BCUT2D eigenvalue weighted by Crippen LogP contribution is -2.24. The lowest BCUT2D eigenvalue weighted by Gasteiger charge is -2.10. The maximum atomic E-state index is 12.0. The smallest absolute Gasteiger partial charge is 0.166 e. The summed E-state index contributed by atoms with van der Waals surface area (Å²) in [4.78, 5) is 12.0. The molecule has 4 heteroatoms. The zero-order valence-electron chi connectivity index (χ0n) is 9.00. The molecule has 3 N–H and O–H groups in total. The molecule has 1 atom stereocenters. The van der Waals surface area contributed by atoms with E-state index >= 15 is 0 Å². The number of benzene rings is 1. The number of hydrogen-bond donors (Lipinski definition) is 2. The van der Waals surface area contributed by atoms with Crippen LogP contribution in [0.3, 0.4) is 0 Å². The Morgan fingerprint density at radius 3 is 3.00 bits per heavy atom. The van der Waals surface area contributed by atoms with Crippen molar-refractivity contribution in [2.75, 3.05) is 12.3 Å². The largest absolute Gasteiger partial charge is 0.398 e. The molecule has 0 aromatic heterocycles. The van der Waals surface area contributed by atoms with Crippen molar-refractivity contribution in [2.45, 2.75) is 25.3 Å². The van der Waals surface area contributed by atoms with Gasteiger partial charge in [0.1, 0.15) is 0 Å². The summed E-state index contributed by atoms with van der Waals surface area (Å²) in [5.41, 5.74) is 7.01. The summed E-state index contributed by atoms with van der Waals surface area (Å²) in [6.07, 6.45) is 2.79. The number of nitrogens with two attached hydrogens (primary N) is 1. The van der Waals surface area contributed by atoms with Crippen molar-refractivity contribution < 1.29 is 4.79 Å². The second-order valence-corrected chi connectivity index (χ2v) is 5.07. The molecule has 86 valence electrons. The topological polar surface area (TPSA) is 55.1 Å². The molecule has 1 saturated heterocycles. The van der Waals surface area contributed by atoms with Crippen molar-refractivity contribution >= 4 is 27.4 Å². The summed E-state index contributed by atoms with van der Waals surface area (Å²) >= 11 is 3.33. The van der Waals surface area contributed by atoms with Gasteiger partial charge in [0.2, 0.25) is 0 Å². The van der Waals surface area contributed by atoms with Crippen LogP contribution < -0.4 is 11.1 Å². The van der Waals surface area contributed by atoms with Gasteiger partial charge >= 0.3 is 0 Å². The number of carbonyl (C=O) groups is 1. The van der Waals surface area contributed by atoms with Gasteiger partial charge in [-0.05, 0) is 37.6 Å². The molecule has 0 radical (unpaired) electrons. The number of halogens is 1. The first-order chi connectivity index (χ1) is 7.66. The first-order valence-electron chi connectivity index (χ1n) is 5.48. The third-order valence-electron chi connectivity index (χ3n) is 2.91. The molecule has 1 aromatic rings. The fourth-order valence-corrected chi connectivity index (χ4v) is 2.43. The van der Waals surface area contributed by atoms with Gasteiger partial charge < -0.3 is 11.1 Å². The average molecular weight is 283 g/mol. The second-order valence-electron chi connectivity index (χ2n) is 4.15. The van der Waals surface area contributed by atoms with Crippen molar-refractivity contribution in [3.63, 3.8) is 0 Å². The Morgan fingerprint density at radius 2 is 2.38 bits per heavy atom. The molecule has 16 heavy (non-hydrogen) atoms. The maximum Gasteiger partial charge on any atom is 0.166 e. The lowest BCUT2D eigenvalue weighted by atomic mass is 10.0. The zero-order chi connectivity index (χ0) is 11.5. The van der Waals surface area contributed by atoms with Crippen molar-refractivity contribution in [1.82, 2.24) is 5.32 Å². The predicted octanol–water partition coefficient (Wildman–Crippen LogP) is 2.36. The molecule has 1 aromatic carbocycles. The van der Waals surface area contributed by atoms with Crippen LogP contribution in [-0.2, 0) is 0 Å². The van der Waals surface area contributed by atoms with E-state index in [-0.39, 0.29) is 5.78 Å². The first kappa shape index (κ1) is 11.6. The van der Waals surface area contributed by atoms with Gasteiger partial charge in [-0.2, -0.15) is 0 Å². The van der Waals surface area contributed by atoms with E-state index in [4.69, 9.17) is 5.73 Å². The molecule has 3 nitrogen and oxygen atoms in total. The highest BCUT2D eigenvalue weighted by atomic mass is 79.9. The molecule has 1 unspecified atom stereocenters. The van der Waals surface area contributed by atoms with E-state index in [1.54, 1.807) is 12.1 Å². The minimum Gasteiger partial charge on any atom is -0.398 e. The van der Waals surface area contributed by atoms with Crippen molar-refractivity contribution in [3.05, 3.63) is 28.2 Å². The summed E-state index contributed by atoms with van der Waals surface area (Å²) in [5.74, 6) is 0.129. The van der Waals surface area contributed by atoms with Crippen LogP contribution in [0.15, 0.2) is 22.7 Å². The number of rotatable bonds is 3. The molecule has 1 fully saturated rings.